The fourth-order valence-corrected chi connectivity index (χ4v) is 11.8. The van der Waals surface area contributed by atoms with Crippen LogP contribution >= 0.6 is 22.6 Å². The maximum atomic E-state index is 5.99. The van der Waals surface area contributed by atoms with Crippen LogP contribution in [0.5, 0.6) is 0 Å². The molecule has 0 N–H and O–H groups in total. The number of quaternary nitrogens is 1. The van der Waals surface area contributed by atoms with Gasteiger partial charge in [0.25, 0.3) is 0 Å². The van der Waals surface area contributed by atoms with E-state index in [0.717, 1.165) is 47.7 Å². The summed E-state index contributed by atoms with van der Waals surface area (Å²) in [7, 11) is -2.93. The molecule has 6 heteroatoms. The second-order valence-corrected chi connectivity index (χ2v) is 10.7. The van der Waals surface area contributed by atoms with Gasteiger partial charge < -0.3 is 0 Å². The van der Waals surface area contributed by atoms with Gasteiger partial charge in [-0.3, -0.25) is 0 Å². The minimum absolute atomic E-state index is 0.830. The fourth-order valence-electron chi connectivity index (χ4n) is 3.03. The first-order valence-electron chi connectivity index (χ1n) is 4.77. The number of nitrogens with zero attached hydrogens (tertiary/aromatic N) is 1. The van der Waals surface area contributed by atoms with Crippen molar-refractivity contribution in [3.05, 3.63) is 0 Å². The molecule has 3 aliphatic rings. The molecule has 4 nitrogen and oxygen atoms in total. The van der Waals surface area contributed by atoms with Crippen molar-refractivity contribution in [2.45, 2.75) is 0 Å². The molecule has 0 aromatic rings. The Morgan fingerprint density at radius 1 is 1.00 bits per heavy atom. The first kappa shape index (κ1) is 9.04. The Morgan fingerprint density at radius 2 is 1.46 bits per heavy atom. The summed E-state index contributed by atoms with van der Waals surface area (Å²) >= 11 is 2.38. The van der Waals surface area contributed by atoms with Gasteiger partial charge in [-0.05, 0) is 0 Å². The number of hydrogen-bond donors (Lipinski definition) is 0. The third-order valence-electron chi connectivity index (χ3n) is 3.86. The van der Waals surface area contributed by atoms with Crippen molar-refractivity contribution in [1.29, 1.82) is 0 Å². The number of alkyl halides is 1. The molecule has 3 saturated heterocycles. The summed E-state index contributed by atoms with van der Waals surface area (Å²) in [5.41, 5.74) is 0. The van der Waals surface area contributed by atoms with E-state index in [4.69, 9.17) is 13.3 Å². The zero-order chi connectivity index (χ0) is 9.02. The molecule has 0 unspecified atom stereocenters. The van der Waals surface area contributed by atoms with Crippen LogP contribution in [0.4, 0.5) is 0 Å². The van der Waals surface area contributed by atoms with Gasteiger partial charge in [0.1, 0.15) is 0 Å². The molecule has 0 spiro atoms. The Hall–Kier alpha value is 0.787. The van der Waals surface area contributed by atoms with Crippen LogP contribution in [0.25, 0.3) is 0 Å². The topological polar surface area (TPSA) is 27.7 Å². The van der Waals surface area contributed by atoms with E-state index in [1.807, 2.05) is 0 Å². The van der Waals surface area contributed by atoms with Crippen molar-refractivity contribution >= 4 is 30.8 Å². The van der Waals surface area contributed by atoms with Crippen LogP contribution in [0.15, 0.2) is 0 Å². The molecule has 0 aromatic heterocycles. The normalized spacial score (nSPS) is 47.9. The SMILES string of the molecule is IC[Si-]123OCC[N+]1(CCO2)CCO3. The van der Waals surface area contributed by atoms with Crippen LogP contribution in [0.2, 0.25) is 0 Å². The predicted molar refractivity (Wildman–Crippen MR) is 57.4 cm³/mol. The van der Waals surface area contributed by atoms with Gasteiger partial charge in [0, 0.05) is 0 Å². The van der Waals surface area contributed by atoms with Crippen LogP contribution in [0.3, 0.4) is 0 Å². The summed E-state index contributed by atoms with van der Waals surface area (Å²) in [5, 5.41) is 0. The van der Waals surface area contributed by atoms with Gasteiger partial charge >= 0.3 is 91.8 Å². The molecular weight excluding hydrogens is 301 g/mol. The first-order valence-corrected chi connectivity index (χ1v) is 8.68. The Labute approximate surface area is 91.7 Å². The molecule has 0 atom stereocenters. The van der Waals surface area contributed by atoms with Crippen LogP contribution in [-0.4, -0.2) is 55.9 Å². The number of rotatable bonds is 1. The Balaban J connectivity index is 2.16. The second kappa shape index (κ2) is 2.48. The fraction of sp³-hybridized carbons (Fsp3) is 1.00. The molecule has 0 aliphatic carbocycles. The van der Waals surface area contributed by atoms with Crippen molar-refractivity contribution in [2.75, 3.05) is 43.5 Å². The summed E-state index contributed by atoms with van der Waals surface area (Å²) in [6.45, 7) is 5.81. The molecule has 3 aliphatic heterocycles. The molecule has 13 heavy (non-hydrogen) atoms. The molecule has 0 aromatic carbocycles. The molecule has 0 bridgehead atoms. The number of halogens is 1. The van der Waals surface area contributed by atoms with Crippen molar-refractivity contribution in [1.82, 2.24) is 0 Å². The zero-order valence-electron chi connectivity index (χ0n) is 7.50. The van der Waals surface area contributed by atoms with Crippen LogP contribution in [0.1, 0.15) is 0 Å². The van der Waals surface area contributed by atoms with Crippen molar-refractivity contribution in [3.63, 3.8) is 0 Å². The Bertz CT molecular complexity index is 230. The average Bonchev–Trinajstić information content (AvgIpc) is 2.60. The second-order valence-electron chi connectivity index (χ2n) is 4.11. The quantitative estimate of drug-likeness (QED) is 0.395. The molecule has 3 rings (SSSR count). The predicted octanol–water partition coefficient (Wildman–Crippen LogP) is 0.258. The van der Waals surface area contributed by atoms with E-state index in [9.17, 15) is 0 Å². The first-order chi connectivity index (χ1) is 6.26. The van der Waals surface area contributed by atoms with Gasteiger partial charge in [-0.25, -0.2) is 0 Å². The van der Waals surface area contributed by atoms with Crippen LogP contribution in [-0.2, 0) is 13.3 Å². The van der Waals surface area contributed by atoms with Crippen LogP contribution < -0.4 is 0 Å². The molecule has 0 radical (unpaired) electrons. The standard InChI is InChI=1S/C7H14INO3Si/c8-7-13-9(1-4-10-13,2-5-11-13)3-6-12-13/h1-7H2. The van der Waals surface area contributed by atoms with E-state index in [1.165, 1.54) is 0 Å². The molecule has 76 valence electrons. The molecule has 0 amide bonds. The number of hydrogen-bond acceptors (Lipinski definition) is 3. The van der Waals surface area contributed by atoms with Crippen molar-refractivity contribution < 1.29 is 17.4 Å². The Kier molecular flexibility index (Phi) is 1.72. The zero-order valence-corrected chi connectivity index (χ0v) is 10.7. The van der Waals surface area contributed by atoms with E-state index >= 15 is 0 Å². The summed E-state index contributed by atoms with van der Waals surface area (Å²) in [4.78, 5) is 0. The van der Waals surface area contributed by atoms with Gasteiger partial charge in [-0.1, -0.05) is 0 Å². The molecule has 3 heterocycles. The molecule has 0 saturated carbocycles. The summed E-state index contributed by atoms with van der Waals surface area (Å²) in [6.07, 6.45) is 0. The monoisotopic (exact) mass is 315 g/mol. The van der Waals surface area contributed by atoms with Gasteiger partial charge in [0.2, 0.25) is 0 Å². The minimum atomic E-state index is -2.93. The molecular formula is C7H14INO3Si. The van der Waals surface area contributed by atoms with E-state index in [0.29, 0.717) is 0 Å². The molecule has 3 fully saturated rings. The van der Waals surface area contributed by atoms with E-state index < -0.39 is 8.24 Å². The van der Waals surface area contributed by atoms with Gasteiger partial charge in [0.15, 0.2) is 0 Å². The van der Waals surface area contributed by atoms with E-state index in [1.54, 1.807) is 0 Å². The average molecular weight is 315 g/mol. The third kappa shape index (κ3) is 0.776. The maximum absolute atomic E-state index is 5.99. The summed E-state index contributed by atoms with van der Waals surface area (Å²) in [6, 6.07) is 0. The van der Waals surface area contributed by atoms with Gasteiger partial charge in [0.05, 0.1) is 0 Å². The van der Waals surface area contributed by atoms with Gasteiger partial charge in [-0.2, -0.15) is 0 Å². The van der Waals surface area contributed by atoms with Crippen molar-refractivity contribution in [3.8, 4) is 0 Å². The van der Waals surface area contributed by atoms with Crippen molar-refractivity contribution in [2.24, 2.45) is 0 Å². The van der Waals surface area contributed by atoms with E-state index in [2.05, 4.69) is 22.6 Å². The van der Waals surface area contributed by atoms with Gasteiger partial charge in [-0.15, -0.1) is 0 Å². The summed E-state index contributed by atoms with van der Waals surface area (Å²) < 4.78 is 19.9. The van der Waals surface area contributed by atoms with E-state index in [-0.39, 0.29) is 0 Å². The third-order valence-corrected chi connectivity index (χ3v) is 13.0. The summed E-state index contributed by atoms with van der Waals surface area (Å²) in [5.74, 6) is 0. The van der Waals surface area contributed by atoms with Crippen LogP contribution in [0, 0.1) is 0 Å². The Morgan fingerprint density at radius 3 is 1.77 bits per heavy atom.